The maximum absolute atomic E-state index is 11.5. The molecule has 0 radical (unpaired) electrons. The highest BCUT2D eigenvalue weighted by molar-refractivity contribution is 6.34. The van der Waals surface area contributed by atoms with Crippen LogP contribution in [0.15, 0.2) is 42.5 Å². The zero-order chi connectivity index (χ0) is 13.5. The van der Waals surface area contributed by atoms with Gasteiger partial charge in [-0.2, -0.15) is 0 Å². The Labute approximate surface area is 110 Å². The van der Waals surface area contributed by atoms with Crippen molar-refractivity contribution < 1.29 is 9.59 Å². The number of halogens is 1. The Morgan fingerprint density at radius 1 is 1.33 bits per heavy atom. The first-order chi connectivity index (χ1) is 8.54. The van der Waals surface area contributed by atoms with Crippen LogP contribution in [0.4, 0.5) is 5.69 Å². The molecule has 0 saturated carbocycles. The summed E-state index contributed by atoms with van der Waals surface area (Å²) in [5.74, 6) is -0.939. The van der Waals surface area contributed by atoms with E-state index in [1.165, 1.54) is 18.2 Å². The van der Waals surface area contributed by atoms with E-state index < -0.39 is 5.91 Å². The van der Waals surface area contributed by atoms with Crippen molar-refractivity contribution in [3.8, 4) is 0 Å². The Balaban J connectivity index is 2.83. The second-order valence-electron chi connectivity index (χ2n) is 3.43. The smallest absolute Gasteiger partial charge is 0.250 e. The molecule has 2 amide bonds. The fourth-order valence-corrected chi connectivity index (χ4v) is 1.44. The molecule has 1 aromatic rings. The van der Waals surface area contributed by atoms with Crippen molar-refractivity contribution in [2.75, 3.05) is 5.32 Å². The van der Waals surface area contributed by atoms with Crippen LogP contribution in [0.1, 0.15) is 17.3 Å². The zero-order valence-corrected chi connectivity index (χ0v) is 10.6. The second-order valence-corrected chi connectivity index (χ2v) is 3.84. The topological polar surface area (TPSA) is 72.2 Å². The van der Waals surface area contributed by atoms with E-state index in [2.05, 4.69) is 5.32 Å². The minimum atomic E-state index is -0.638. The molecule has 0 bridgehead atoms. The number of primary amides is 1. The molecule has 0 saturated heterocycles. The lowest BCUT2D eigenvalue weighted by Crippen LogP contribution is -2.13. The lowest BCUT2D eigenvalue weighted by atomic mass is 10.2. The molecule has 0 unspecified atom stereocenters. The summed E-state index contributed by atoms with van der Waals surface area (Å²) in [4.78, 5) is 22.5. The number of hydrogen-bond donors (Lipinski definition) is 2. The van der Waals surface area contributed by atoms with Crippen LogP contribution in [0.5, 0.6) is 0 Å². The van der Waals surface area contributed by atoms with Crippen LogP contribution in [0.3, 0.4) is 0 Å². The molecule has 0 atom stereocenters. The van der Waals surface area contributed by atoms with Gasteiger partial charge in [-0.15, -0.1) is 0 Å². The minimum Gasteiger partial charge on any atom is -0.366 e. The maximum Gasteiger partial charge on any atom is 0.250 e. The number of carbonyl (C=O) groups is 2. The van der Waals surface area contributed by atoms with Gasteiger partial charge < -0.3 is 11.1 Å². The third-order valence-electron chi connectivity index (χ3n) is 2.05. The summed E-state index contributed by atoms with van der Waals surface area (Å²) in [6, 6.07) is 4.54. The monoisotopic (exact) mass is 264 g/mol. The van der Waals surface area contributed by atoms with Gasteiger partial charge in [-0.1, -0.05) is 29.8 Å². The first kappa shape index (κ1) is 14.0. The highest BCUT2D eigenvalue weighted by Gasteiger charge is 2.08. The Hall–Kier alpha value is -2.07. The van der Waals surface area contributed by atoms with Gasteiger partial charge in [0.25, 0.3) is 0 Å². The van der Waals surface area contributed by atoms with Gasteiger partial charge >= 0.3 is 0 Å². The number of hydrogen-bond acceptors (Lipinski definition) is 2. The average molecular weight is 265 g/mol. The molecule has 0 fully saturated rings. The predicted molar refractivity (Wildman–Crippen MR) is 72.6 cm³/mol. The molecule has 5 heteroatoms. The molecule has 0 aromatic heterocycles. The average Bonchev–Trinajstić information content (AvgIpc) is 2.31. The van der Waals surface area contributed by atoms with Crippen LogP contribution in [0, 0.1) is 0 Å². The molecule has 0 aliphatic carbocycles. The third-order valence-corrected chi connectivity index (χ3v) is 2.38. The van der Waals surface area contributed by atoms with E-state index in [4.69, 9.17) is 17.3 Å². The second kappa shape index (κ2) is 6.61. The van der Waals surface area contributed by atoms with Gasteiger partial charge in [-0.05, 0) is 25.1 Å². The molecule has 1 rings (SSSR count). The van der Waals surface area contributed by atoms with Crippen LogP contribution >= 0.6 is 11.6 Å². The summed E-state index contributed by atoms with van der Waals surface area (Å²) in [6.45, 7) is 1.85. The van der Waals surface area contributed by atoms with Gasteiger partial charge in [0.1, 0.15) is 0 Å². The van der Waals surface area contributed by atoms with E-state index >= 15 is 0 Å². The molecule has 0 heterocycles. The fraction of sp³-hybridized carbons (Fsp3) is 0.0769. The molecule has 0 spiro atoms. The maximum atomic E-state index is 11.5. The highest BCUT2D eigenvalue weighted by Crippen LogP contribution is 2.20. The molecular weight excluding hydrogens is 252 g/mol. The Kier molecular flexibility index (Phi) is 5.14. The van der Waals surface area contributed by atoms with Gasteiger partial charge in [0.15, 0.2) is 0 Å². The number of benzene rings is 1. The first-order valence-electron chi connectivity index (χ1n) is 5.24. The summed E-state index contributed by atoms with van der Waals surface area (Å²) in [6.07, 6.45) is 6.52. The summed E-state index contributed by atoms with van der Waals surface area (Å²) < 4.78 is 0. The third kappa shape index (κ3) is 4.07. The highest BCUT2D eigenvalue weighted by atomic mass is 35.5. The van der Waals surface area contributed by atoms with Crippen LogP contribution < -0.4 is 11.1 Å². The normalized spacial score (nSPS) is 11.0. The van der Waals surface area contributed by atoms with E-state index in [1.54, 1.807) is 24.3 Å². The number of nitrogens with one attached hydrogen (secondary N) is 1. The SMILES string of the molecule is CC=CC=CC(=O)Nc1ccc(Cl)c(C(N)=O)c1. The van der Waals surface area contributed by atoms with Gasteiger partial charge in [0, 0.05) is 11.8 Å². The quantitative estimate of drug-likeness (QED) is 0.648. The van der Waals surface area contributed by atoms with Gasteiger partial charge in [0.05, 0.1) is 10.6 Å². The first-order valence-corrected chi connectivity index (χ1v) is 5.62. The van der Waals surface area contributed by atoms with Crippen molar-refractivity contribution in [2.45, 2.75) is 6.92 Å². The van der Waals surface area contributed by atoms with E-state index in [9.17, 15) is 9.59 Å². The van der Waals surface area contributed by atoms with Crippen molar-refractivity contribution in [2.24, 2.45) is 5.73 Å². The van der Waals surface area contributed by atoms with Crippen molar-refractivity contribution >= 4 is 29.1 Å². The van der Waals surface area contributed by atoms with Crippen LogP contribution in [0.25, 0.3) is 0 Å². The van der Waals surface area contributed by atoms with Crippen molar-refractivity contribution in [1.82, 2.24) is 0 Å². The lowest BCUT2D eigenvalue weighted by Gasteiger charge is -2.05. The van der Waals surface area contributed by atoms with Crippen LogP contribution in [0.2, 0.25) is 5.02 Å². The number of allylic oxidation sites excluding steroid dienone is 3. The standard InChI is InChI=1S/C13H13ClN2O2/c1-2-3-4-5-12(17)16-9-6-7-11(14)10(8-9)13(15)18/h2-8H,1H3,(H2,15,18)(H,16,17). The van der Waals surface area contributed by atoms with Crippen LogP contribution in [-0.2, 0) is 4.79 Å². The number of nitrogens with two attached hydrogens (primary N) is 1. The summed E-state index contributed by atoms with van der Waals surface area (Å²) in [5.41, 5.74) is 5.79. The predicted octanol–water partition coefficient (Wildman–Crippen LogP) is 2.51. The fourth-order valence-electron chi connectivity index (χ4n) is 1.23. The summed E-state index contributed by atoms with van der Waals surface area (Å²) >= 11 is 5.79. The van der Waals surface area contributed by atoms with E-state index in [0.717, 1.165) is 0 Å². The lowest BCUT2D eigenvalue weighted by molar-refractivity contribution is -0.111. The van der Waals surface area contributed by atoms with Gasteiger partial charge in [0.2, 0.25) is 11.8 Å². The number of anilines is 1. The van der Waals surface area contributed by atoms with Crippen molar-refractivity contribution in [1.29, 1.82) is 0 Å². The molecule has 94 valence electrons. The Morgan fingerprint density at radius 2 is 2.06 bits per heavy atom. The molecule has 1 aromatic carbocycles. The van der Waals surface area contributed by atoms with Gasteiger partial charge in [-0.3, -0.25) is 9.59 Å². The Morgan fingerprint density at radius 3 is 2.67 bits per heavy atom. The number of amides is 2. The van der Waals surface area contributed by atoms with E-state index in [-0.39, 0.29) is 16.5 Å². The molecule has 4 nitrogen and oxygen atoms in total. The number of rotatable bonds is 4. The van der Waals surface area contributed by atoms with Gasteiger partial charge in [-0.25, -0.2) is 0 Å². The Bertz CT molecular complexity index is 522. The minimum absolute atomic E-state index is 0.173. The van der Waals surface area contributed by atoms with Crippen molar-refractivity contribution in [3.05, 3.63) is 53.1 Å². The molecule has 0 aliphatic rings. The molecule has 3 N–H and O–H groups in total. The molecule has 0 aliphatic heterocycles. The van der Waals surface area contributed by atoms with E-state index in [0.29, 0.717) is 5.69 Å². The largest absolute Gasteiger partial charge is 0.366 e. The van der Waals surface area contributed by atoms with E-state index in [1.807, 2.05) is 6.92 Å². The summed E-state index contributed by atoms with van der Waals surface area (Å²) in [7, 11) is 0. The van der Waals surface area contributed by atoms with Crippen molar-refractivity contribution in [3.63, 3.8) is 0 Å². The van der Waals surface area contributed by atoms with Crippen LogP contribution in [-0.4, -0.2) is 11.8 Å². The molecule has 18 heavy (non-hydrogen) atoms. The molecular formula is C13H13ClN2O2. The number of carbonyl (C=O) groups excluding carboxylic acids is 2. The zero-order valence-electron chi connectivity index (χ0n) is 9.81. The summed E-state index contributed by atoms with van der Waals surface area (Å²) in [5, 5.41) is 2.85.